The maximum Gasteiger partial charge on any atom is 0.573 e. The molecule has 2 aromatic carbocycles. The molecule has 2 amide bonds. The fourth-order valence-electron chi connectivity index (χ4n) is 4.02. The number of likely N-dealkylation sites (tertiary alicyclic amines) is 1. The molecule has 0 aliphatic carbocycles. The highest BCUT2D eigenvalue weighted by molar-refractivity contribution is 5.98. The maximum absolute atomic E-state index is 14.2. The first-order valence-corrected chi connectivity index (χ1v) is 11.3. The van der Waals surface area contributed by atoms with E-state index in [0.29, 0.717) is 38.1 Å². The minimum Gasteiger partial charge on any atom is -0.406 e. The Hall–Kier alpha value is -3.30. The van der Waals surface area contributed by atoms with Crippen LogP contribution in [-0.2, 0) is 4.79 Å². The predicted octanol–water partition coefficient (Wildman–Crippen LogP) is 4.97. The summed E-state index contributed by atoms with van der Waals surface area (Å²) in [5, 5.41) is 6.01. The summed E-state index contributed by atoms with van der Waals surface area (Å²) in [6.07, 6.45) is -3.63. The SMILES string of the molecule is CC(C)[C@@H](NC(=O)c1cc(OC(F)(F)F)ccc1F)C(=O)N1CCC(C)(Nc2ccccc2)CC1. The number of anilines is 1. The number of halogens is 4. The predicted molar refractivity (Wildman–Crippen MR) is 123 cm³/mol. The zero-order valence-corrected chi connectivity index (χ0v) is 19.8. The molecule has 0 bridgehead atoms. The highest BCUT2D eigenvalue weighted by Gasteiger charge is 2.36. The quantitative estimate of drug-likeness (QED) is 0.532. The molecule has 6 nitrogen and oxygen atoms in total. The molecule has 190 valence electrons. The third-order valence-corrected chi connectivity index (χ3v) is 6.03. The van der Waals surface area contributed by atoms with Crippen LogP contribution in [0.25, 0.3) is 0 Å². The smallest absolute Gasteiger partial charge is 0.406 e. The average molecular weight is 496 g/mol. The van der Waals surface area contributed by atoms with Gasteiger partial charge in [-0.2, -0.15) is 0 Å². The summed E-state index contributed by atoms with van der Waals surface area (Å²) in [5.41, 5.74) is 0.140. The number of amides is 2. The van der Waals surface area contributed by atoms with Crippen LogP contribution in [0, 0.1) is 11.7 Å². The average Bonchev–Trinajstić information content (AvgIpc) is 2.78. The first kappa shape index (κ1) is 26.3. The van der Waals surface area contributed by atoms with Crippen LogP contribution in [0.15, 0.2) is 48.5 Å². The van der Waals surface area contributed by atoms with Gasteiger partial charge >= 0.3 is 6.36 Å². The molecular formula is C25H29F4N3O3. The van der Waals surface area contributed by atoms with E-state index in [4.69, 9.17) is 0 Å². The van der Waals surface area contributed by atoms with Crippen molar-refractivity contribution in [3.63, 3.8) is 0 Å². The highest BCUT2D eigenvalue weighted by Crippen LogP contribution is 2.28. The van der Waals surface area contributed by atoms with Crippen LogP contribution in [0.3, 0.4) is 0 Å². The number of rotatable bonds is 7. The van der Waals surface area contributed by atoms with Crippen LogP contribution in [0.5, 0.6) is 5.75 Å². The second-order valence-corrected chi connectivity index (χ2v) is 9.26. The van der Waals surface area contributed by atoms with Crippen LogP contribution in [0.4, 0.5) is 23.2 Å². The van der Waals surface area contributed by atoms with E-state index in [-0.39, 0.29) is 17.4 Å². The summed E-state index contributed by atoms with van der Waals surface area (Å²) in [7, 11) is 0. The van der Waals surface area contributed by atoms with E-state index in [2.05, 4.69) is 22.3 Å². The number of carbonyl (C=O) groups excluding carboxylic acids is 2. The number of alkyl halides is 3. The van der Waals surface area contributed by atoms with Crippen molar-refractivity contribution in [1.29, 1.82) is 0 Å². The van der Waals surface area contributed by atoms with Crippen molar-refractivity contribution in [1.82, 2.24) is 10.2 Å². The largest absolute Gasteiger partial charge is 0.573 e. The molecule has 1 aliphatic heterocycles. The molecule has 0 unspecified atom stereocenters. The molecule has 2 aromatic rings. The summed E-state index contributed by atoms with van der Waals surface area (Å²) >= 11 is 0. The summed E-state index contributed by atoms with van der Waals surface area (Å²) in [4.78, 5) is 27.6. The molecule has 1 saturated heterocycles. The van der Waals surface area contributed by atoms with E-state index in [9.17, 15) is 27.2 Å². The molecule has 3 rings (SSSR count). The van der Waals surface area contributed by atoms with E-state index in [1.807, 2.05) is 30.3 Å². The third-order valence-electron chi connectivity index (χ3n) is 6.03. The standard InChI is InChI=1S/C25H29F4N3O3/c1-16(2)21(30-22(33)19-15-18(9-10-20(19)26)35-25(27,28)29)23(34)32-13-11-24(3,12-14-32)31-17-7-5-4-6-8-17/h4-10,15-16,21,31H,11-14H2,1-3H3,(H,30,33)/t21-/m1/s1. The molecule has 0 radical (unpaired) electrons. The van der Waals surface area contributed by atoms with Gasteiger partial charge in [-0.25, -0.2) is 4.39 Å². The summed E-state index contributed by atoms with van der Waals surface area (Å²) in [6, 6.07) is 10.9. The van der Waals surface area contributed by atoms with Gasteiger partial charge in [0, 0.05) is 24.3 Å². The molecule has 10 heteroatoms. The third kappa shape index (κ3) is 7.10. The Balaban J connectivity index is 1.66. The van der Waals surface area contributed by atoms with Crippen molar-refractivity contribution in [2.24, 2.45) is 5.92 Å². The molecule has 1 heterocycles. The Morgan fingerprint density at radius 1 is 1.06 bits per heavy atom. The molecule has 0 spiro atoms. The van der Waals surface area contributed by atoms with Crippen molar-refractivity contribution in [2.75, 3.05) is 18.4 Å². The minimum absolute atomic E-state index is 0.212. The van der Waals surface area contributed by atoms with Gasteiger partial charge in [0.1, 0.15) is 17.6 Å². The van der Waals surface area contributed by atoms with Crippen molar-refractivity contribution < 1.29 is 31.9 Å². The normalized spacial score (nSPS) is 16.5. The van der Waals surface area contributed by atoms with Gasteiger partial charge in [0.25, 0.3) is 5.91 Å². The fraction of sp³-hybridized carbons (Fsp3) is 0.440. The zero-order valence-electron chi connectivity index (χ0n) is 19.8. The lowest BCUT2D eigenvalue weighted by molar-refractivity contribution is -0.274. The molecule has 1 atom stereocenters. The topological polar surface area (TPSA) is 70.7 Å². The minimum atomic E-state index is -4.99. The lowest BCUT2D eigenvalue weighted by Crippen LogP contribution is -2.56. The molecule has 0 aromatic heterocycles. The number of hydrogen-bond acceptors (Lipinski definition) is 4. The van der Waals surface area contributed by atoms with Gasteiger partial charge in [0.15, 0.2) is 0 Å². The van der Waals surface area contributed by atoms with Gasteiger partial charge in [0.05, 0.1) is 5.56 Å². The van der Waals surface area contributed by atoms with Gasteiger partial charge in [-0.1, -0.05) is 32.0 Å². The Labute approximate surface area is 201 Å². The summed E-state index contributed by atoms with van der Waals surface area (Å²) in [6.45, 7) is 6.46. The van der Waals surface area contributed by atoms with Crippen molar-refractivity contribution in [3.05, 3.63) is 59.9 Å². The van der Waals surface area contributed by atoms with Crippen LogP contribution < -0.4 is 15.4 Å². The second-order valence-electron chi connectivity index (χ2n) is 9.26. The van der Waals surface area contributed by atoms with E-state index in [0.717, 1.165) is 11.8 Å². The number of nitrogens with one attached hydrogen (secondary N) is 2. The van der Waals surface area contributed by atoms with Crippen LogP contribution in [-0.4, -0.2) is 47.7 Å². The Morgan fingerprint density at radius 2 is 1.69 bits per heavy atom. The lowest BCUT2D eigenvalue weighted by atomic mass is 9.88. The number of hydrogen-bond donors (Lipinski definition) is 2. The van der Waals surface area contributed by atoms with Gasteiger partial charge in [0.2, 0.25) is 5.91 Å². The Kier molecular flexibility index (Phi) is 7.92. The van der Waals surface area contributed by atoms with Gasteiger partial charge in [-0.15, -0.1) is 13.2 Å². The van der Waals surface area contributed by atoms with E-state index < -0.39 is 35.4 Å². The first-order valence-electron chi connectivity index (χ1n) is 11.3. The van der Waals surface area contributed by atoms with Crippen molar-refractivity contribution in [2.45, 2.75) is 51.6 Å². The molecule has 35 heavy (non-hydrogen) atoms. The molecule has 1 fully saturated rings. The van der Waals surface area contributed by atoms with E-state index in [1.54, 1.807) is 18.7 Å². The molecule has 0 saturated carbocycles. The van der Waals surface area contributed by atoms with E-state index in [1.165, 1.54) is 0 Å². The van der Waals surface area contributed by atoms with E-state index >= 15 is 0 Å². The van der Waals surface area contributed by atoms with Crippen LogP contribution in [0.2, 0.25) is 0 Å². The maximum atomic E-state index is 14.2. The number of ether oxygens (including phenoxy) is 1. The van der Waals surface area contributed by atoms with Crippen molar-refractivity contribution in [3.8, 4) is 5.75 Å². The highest BCUT2D eigenvalue weighted by atomic mass is 19.4. The number of piperidine rings is 1. The number of para-hydroxylation sites is 1. The first-order chi connectivity index (χ1) is 16.4. The number of benzene rings is 2. The van der Waals surface area contributed by atoms with Crippen LogP contribution >= 0.6 is 0 Å². The fourth-order valence-corrected chi connectivity index (χ4v) is 4.02. The van der Waals surface area contributed by atoms with Crippen molar-refractivity contribution >= 4 is 17.5 Å². The zero-order chi connectivity index (χ0) is 25.8. The monoisotopic (exact) mass is 495 g/mol. The Morgan fingerprint density at radius 3 is 2.26 bits per heavy atom. The Bertz CT molecular complexity index is 1040. The second kappa shape index (κ2) is 10.5. The molecule has 2 N–H and O–H groups in total. The summed E-state index contributed by atoms with van der Waals surface area (Å²) < 4.78 is 55.5. The molecular weight excluding hydrogens is 466 g/mol. The number of carbonyl (C=O) groups is 2. The molecule has 1 aliphatic rings. The number of nitrogens with zero attached hydrogens (tertiary/aromatic N) is 1. The lowest BCUT2D eigenvalue weighted by Gasteiger charge is -2.42. The summed E-state index contributed by atoms with van der Waals surface area (Å²) in [5.74, 6) is -3.39. The van der Waals surface area contributed by atoms with Gasteiger partial charge in [-0.3, -0.25) is 9.59 Å². The van der Waals surface area contributed by atoms with Crippen LogP contribution in [0.1, 0.15) is 44.0 Å². The van der Waals surface area contributed by atoms with Gasteiger partial charge in [-0.05, 0) is 56.0 Å². The van der Waals surface area contributed by atoms with Gasteiger partial charge < -0.3 is 20.3 Å².